The van der Waals surface area contributed by atoms with Crippen molar-refractivity contribution >= 4 is 11.7 Å². The maximum absolute atomic E-state index is 13.7. The van der Waals surface area contributed by atoms with E-state index in [0.29, 0.717) is 42.1 Å². The molecule has 0 radical (unpaired) electrons. The minimum absolute atomic E-state index is 0.253. The van der Waals surface area contributed by atoms with Crippen LogP contribution in [0.1, 0.15) is 44.4 Å². The van der Waals surface area contributed by atoms with Crippen LogP contribution in [0.3, 0.4) is 0 Å². The monoisotopic (exact) mass is 333 g/mol. The predicted molar refractivity (Wildman–Crippen MR) is 88.8 cm³/mol. The minimum Gasteiger partial charge on any atom is -0.444 e. The molecule has 0 saturated carbocycles. The maximum atomic E-state index is 13.7. The van der Waals surface area contributed by atoms with Gasteiger partial charge in [0.15, 0.2) is 11.6 Å². The lowest BCUT2D eigenvalue weighted by Crippen LogP contribution is -2.35. The molecule has 5 nitrogen and oxygen atoms in total. The lowest BCUT2D eigenvalue weighted by atomic mass is 10.00. The molecule has 2 aliphatic rings. The van der Waals surface area contributed by atoms with E-state index in [1.807, 2.05) is 20.8 Å². The Morgan fingerprint density at radius 3 is 2.42 bits per heavy atom. The second-order valence-electron chi connectivity index (χ2n) is 7.74. The topological polar surface area (TPSA) is 55.3 Å². The van der Waals surface area contributed by atoms with Gasteiger partial charge in [0.2, 0.25) is 0 Å². The van der Waals surface area contributed by atoms with Crippen molar-refractivity contribution in [1.82, 2.24) is 14.9 Å². The number of carbonyl (C=O) groups is 1. The van der Waals surface area contributed by atoms with Crippen molar-refractivity contribution in [3.05, 3.63) is 29.1 Å². The Labute approximate surface area is 141 Å². The summed E-state index contributed by atoms with van der Waals surface area (Å²) >= 11 is 0. The summed E-state index contributed by atoms with van der Waals surface area (Å²) in [7, 11) is 0. The highest BCUT2D eigenvalue weighted by atomic mass is 19.1. The quantitative estimate of drug-likeness (QED) is 0.789. The number of aromatic nitrogens is 2. The van der Waals surface area contributed by atoms with Crippen molar-refractivity contribution < 1.29 is 13.9 Å². The first-order valence-corrected chi connectivity index (χ1v) is 8.34. The Hall–Kier alpha value is -1.98. The van der Waals surface area contributed by atoms with E-state index in [2.05, 4.69) is 16.0 Å². The number of halogens is 1. The Bertz CT molecular complexity index is 686. The Balaban J connectivity index is 1.72. The SMILES string of the molecule is Cc1nc(C2=CC3CN(C(=O)OC(C)(C)C)CC3C2)nc(C)c1F. The average molecular weight is 333 g/mol. The van der Waals surface area contributed by atoms with Gasteiger partial charge in [-0.3, -0.25) is 0 Å². The van der Waals surface area contributed by atoms with Crippen molar-refractivity contribution in [3.8, 4) is 0 Å². The molecule has 0 aromatic carbocycles. The van der Waals surface area contributed by atoms with Crippen molar-refractivity contribution in [2.75, 3.05) is 13.1 Å². The number of hydrogen-bond donors (Lipinski definition) is 0. The van der Waals surface area contributed by atoms with Gasteiger partial charge in [0.1, 0.15) is 5.60 Å². The molecule has 6 heteroatoms. The van der Waals surface area contributed by atoms with Crippen LogP contribution in [0.4, 0.5) is 9.18 Å². The van der Waals surface area contributed by atoms with Crippen molar-refractivity contribution in [2.24, 2.45) is 11.8 Å². The van der Waals surface area contributed by atoms with Gasteiger partial charge < -0.3 is 9.64 Å². The minimum atomic E-state index is -0.479. The summed E-state index contributed by atoms with van der Waals surface area (Å²) in [6.07, 6.45) is 2.70. The van der Waals surface area contributed by atoms with Crippen LogP contribution in [-0.2, 0) is 4.74 Å². The first-order chi connectivity index (χ1) is 11.1. The van der Waals surface area contributed by atoms with E-state index in [1.54, 1.807) is 18.7 Å². The number of aryl methyl sites for hydroxylation is 2. The molecule has 1 fully saturated rings. The molecule has 0 spiro atoms. The number of likely N-dealkylation sites (tertiary alicyclic amines) is 1. The van der Waals surface area contributed by atoms with Crippen LogP contribution in [0.5, 0.6) is 0 Å². The van der Waals surface area contributed by atoms with Crippen LogP contribution >= 0.6 is 0 Å². The molecule has 0 bridgehead atoms. The van der Waals surface area contributed by atoms with Crippen molar-refractivity contribution in [3.63, 3.8) is 0 Å². The lowest BCUT2D eigenvalue weighted by molar-refractivity contribution is 0.0285. The maximum Gasteiger partial charge on any atom is 0.410 e. The fourth-order valence-corrected chi connectivity index (χ4v) is 3.40. The van der Waals surface area contributed by atoms with Gasteiger partial charge >= 0.3 is 6.09 Å². The molecule has 2 unspecified atom stereocenters. The molecule has 130 valence electrons. The number of fused-ring (bicyclic) bond motifs is 1. The van der Waals surface area contributed by atoms with Gasteiger partial charge in [0.05, 0.1) is 11.4 Å². The summed E-state index contributed by atoms with van der Waals surface area (Å²) in [4.78, 5) is 22.5. The molecule has 1 aliphatic heterocycles. The van der Waals surface area contributed by atoms with E-state index in [9.17, 15) is 9.18 Å². The smallest absolute Gasteiger partial charge is 0.410 e. The van der Waals surface area contributed by atoms with Crippen LogP contribution < -0.4 is 0 Å². The lowest BCUT2D eigenvalue weighted by Gasteiger charge is -2.24. The van der Waals surface area contributed by atoms with Crippen molar-refractivity contribution in [2.45, 2.75) is 46.6 Å². The molecular weight excluding hydrogens is 309 g/mol. The third-order valence-electron chi connectivity index (χ3n) is 4.51. The summed E-state index contributed by atoms with van der Waals surface area (Å²) < 4.78 is 19.1. The van der Waals surface area contributed by atoms with Crippen LogP contribution in [-0.4, -0.2) is 39.7 Å². The number of ether oxygens (including phenoxy) is 1. The summed E-state index contributed by atoms with van der Waals surface area (Å²) in [6, 6.07) is 0. The molecule has 3 rings (SSSR count). The van der Waals surface area contributed by atoms with E-state index in [1.165, 1.54) is 0 Å². The summed E-state index contributed by atoms with van der Waals surface area (Å²) in [5.74, 6) is 0.932. The van der Waals surface area contributed by atoms with Gasteiger partial charge in [0.25, 0.3) is 0 Å². The summed E-state index contributed by atoms with van der Waals surface area (Å²) in [5.41, 5.74) is 1.34. The van der Waals surface area contributed by atoms with E-state index in [0.717, 1.165) is 12.0 Å². The van der Waals surface area contributed by atoms with Crippen LogP contribution in [0, 0.1) is 31.5 Å². The third-order valence-corrected chi connectivity index (χ3v) is 4.51. The molecule has 0 N–H and O–H groups in total. The number of allylic oxidation sites excluding steroid dienone is 1. The van der Waals surface area contributed by atoms with Crippen LogP contribution in [0.2, 0.25) is 0 Å². The van der Waals surface area contributed by atoms with Crippen LogP contribution in [0.25, 0.3) is 5.57 Å². The summed E-state index contributed by atoms with van der Waals surface area (Å²) in [6.45, 7) is 10.3. The highest BCUT2D eigenvalue weighted by Crippen LogP contribution is 2.40. The normalized spacial score (nSPS) is 23.2. The zero-order valence-electron chi connectivity index (χ0n) is 14.9. The molecule has 1 amide bonds. The largest absolute Gasteiger partial charge is 0.444 e. The van der Waals surface area contributed by atoms with Gasteiger partial charge in [-0.25, -0.2) is 19.2 Å². The van der Waals surface area contributed by atoms with E-state index < -0.39 is 5.60 Å². The number of nitrogens with zero attached hydrogens (tertiary/aromatic N) is 3. The Kier molecular flexibility index (Phi) is 4.10. The van der Waals surface area contributed by atoms with E-state index in [-0.39, 0.29) is 11.9 Å². The number of rotatable bonds is 1. The van der Waals surface area contributed by atoms with E-state index >= 15 is 0 Å². The van der Waals surface area contributed by atoms with Gasteiger partial charge in [-0.15, -0.1) is 0 Å². The standard InChI is InChI=1S/C18H24FN3O2/c1-10-15(19)11(2)21-16(20-10)12-6-13-8-22(9-14(13)7-12)17(23)24-18(3,4)5/h6,13-14H,7-9H2,1-5H3. The molecule has 24 heavy (non-hydrogen) atoms. The molecule has 1 aliphatic carbocycles. The van der Waals surface area contributed by atoms with Gasteiger partial charge in [0, 0.05) is 19.0 Å². The van der Waals surface area contributed by atoms with Crippen LogP contribution in [0.15, 0.2) is 6.08 Å². The van der Waals surface area contributed by atoms with E-state index in [4.69, 9.17) is 4.74 Å². The Morgan fingerprint density at radius 2 is 1.88 bits per heavy atom. The van der Waals surface area contributed by atoms with Crippen molar-refractivity contribution in [1.29, 1.82) is 0 Å². The third kappa shape index (κ3) is 3.28. The summed E-state index contributed by atoms with van der Waals surface area (Å²) in [5, 5.41) is 0. The zero-order valence-corrected chi connectivity index (χ0v) is 14.9. The second kappa shape index (κ2) is 5.83. The number of carbonyl (C=O) groups excluding carboxylic acids is 1. The Morgan fingerprint density at radius 1 is 1.25 bits per heavy atom. The molecule has 2 heterocycles. The number of hydrogen-bond acceptors (Lipinski definition) is 4. The van der Waals surface area contributed by atoms with Gasteiger partial charge in [-0.05, 0) is 52.5 Å². The van der Waals surface area contributed by atoms with Gasteiger partial charge in [-0.2, -0.15) is 0 Å². The molecule has 1 aromatic heterocycles. The first-order valence-electron chi connectivity index (χ1n) is 8.34. The first kappa shape index (κ1) is 16.9. The highest BCUT2D eigenvalue weighted by molar-refractivity contribution is 5.70. The molecule has 2 atom stereocenters. The average Bonchev–Trinajstić information content (AvgIpc) is 3.00. The van der Waals surface area contributed by atoms with Gasteiger partial charge in [-0.1, -0.05) is 6.08 Å². The molecule has 1 aromatic rings. The highest BCUT2D eigenvalue weighted by Gasteiger charge is 2.40. The molecule has 1 saturated heterocycles. The zero-order chi connectivity index (χ0) is 17.6. The second-order valence-corrected chi connectivity index (χ2v) is 7.74. The molecular formula is C18H24FN3O2. The fraction of sp³-hybridized carbons (Fsp3) is 0.611. The fourth-order valence-electron chi connectivity index (χ4n) is 3.40. The predicted octanol–water partition coefficient (Wildman–Crippen LogP) is 3.50. The number of amides is 1.